The first kappa shape index (κ1) is 8.06. The average Bonchev–Trinajstić information content (AvgIpc) is 2.33. The lowest BCUT2D eigenvalue weighted by Crippen LogP contribution is -2.23. The van der Waals surface area contributed by atoms with Gasteiger partial charge in [-0.1, -0.05) is 5.92 Å². The molecule has 1 unspecified atom stereocenters. The molecule has 0 N–H and O–H groups in total. The van der Waals surface area contributed by atoms with Gasteiger partial charge in [0.05, 0.1) is 6.61 Å². The summed E-state index contributed by atoms with van der Waals surface area (Å²) in [6.07, 6.45) is 6.91. The number of ether oxygens (including phenoxy) is 2. The van der Waals surface area contributed by atoms with Gasteiger partial charge in [0.15, 0.2) is 0 Å². The number of terminal acetylenes is 1. The minimum atomic E-state index is -0.584. The molecule has 1 atom stereocenters. The zero-order valence-electron chi connectivity index (χ0n) is 5.60. The Morgan fingerprint density at radius 3 is 3.10 bits per heavy atom. The van der Waals surface area contributed by atoms with Crippen molar-refractivity contribution in [1.82, 2.24) is 0 Å². The number of rotatable bonds is 2. The SMILES string of the molecule is C#CCOC1(Br)CCCO1. The van der Waals surface area contributed by atoms with E-state index in [0.717, 1.165) is 19.4 Å². The summed E-state index contributed by atoms with van der Waals surface area (Å²) in [6, 6.07) is 0. The zero-order valence-corrected chi connectivity index (χ0v) is 7.19. The summed E-state index contributed by atoms with van der Waals surface area (Å²) in [7, 11) is 0. The quantitative estimate of drug-likeness (QED) is 0.502. The molecule has 0 aromatic rings. The first-order valence-electron chi connectivity index (χ1n) is 3.17. The maximum atomic E-state index is 5.24. The Morgan fingerprint density at radius 2 is 2.60 bits per heavy atom. The van der Waals surface area contributed by atoms with Crippen LogP contribution in [0.15, 0.2) is 0 Å². The monoisotopic (exact) mass is 204 g/mol. The van der Waals surface area contributed by atoms with Gasteiger partial charge in [-0.15, -0.1) is 6.42 Å². The molecular weight excluding hydrogens is 196 g/mol. The predicted octanol–water partition coefficient (Wildman–Crippen LogP) is 1.50. The van der Waals surface area contributed by atoms with Crippen LogP contribution in [0.4, 0.5) is 0 Å². The van der Waals surface area contributed by atoms with E-state index >= 15 is 0 Å². The molecule has 0 bridgehead atoms. The highest BCUT2D eigenvalue weighted by Gasteiger charge is 2.32. The number of hydrogen-bond acceptors (Lipinski definition) is 2. The zero-order chi connectivity index (χ0) is 7.45. The van der Waals surface area contributed by atoms with Crippen LogP contribution in [0.2, 0.25) is 0 Å². The number of alkyl halides is 1. The van der Waals surface area contributed by atoms with Crippen LogP contribution in [0.25, 0.3) is 0 Å². The molecule has 2 nitrogen and oxygen atoms in total. The largest absolute Gasteiger partial charge is 0.341 e. The minimum absolute atomic E-state index is 0.297. The van der Waals surface area contributed by atoms with E-state index in [1.807, 2.05) is 0 Å². The van der Waals surface area contributed by atoms with E-state index in [-0.39, 0.29) is 0 Å². The molecule has 1 aliphatic rings. The molecular formula is C7H9BrO2. The summed E-state index contributed by atoms with van der Waals surface area (Å²) in [6.45, 7) is 1.04. The molecule has 1 heterocycles. The standard InChI is InChI=1S/C7H9BrO2/c1-2-5-9-7(8)4-3-6-10-7/h1H,3-6H2. The Bertz CT molecular complexity index is 144. The molecule has 1 aliphatic heterocycles. The topological polar surface area (TPSA) is 18.5 Å². The first-order chi connectivity index (χ1) is 4.77. The molecule has 10 heavy (non-hydrogen) atoms. The van der Waals surface area contributed by atoms with Gasteiger partial charge in [0.2, 0.25) is 4.70 Å². The van der Waals surface area contributed by atoms with Gasteiger partial charge in [-0.05, 0) is 22.4 Å². The molecule has 56 valence electrons. The maximum Gasteiger partial charge on any atom is 0.227 e. The van der Waals surface area contributed by atoms with Gasteiger partial charge < -0.3 is 9.47 Å². The van der Waals surface area contributed by atoms with Gasteiger partial charge in [0.25, 0.3) is 0 Å². The van der Waals surface area contributed by atoms with Crippen molar-refractivity contribution < 1.29 is 9.47 Å². The normalized spacial score (nSPS) is 32.0. The second-order valence-electron chi connectivity index (χ2n) is 2.10. The van der Waals surface area contributed by atoms with Crippen LogP contribution in [0.3, 0.4) is 0 Å². The lowest BCUT2D eigenvalue weighted by molar-refractivity contribution is -0.124. The fraction of sp³-hybridized carbons (Fsp3) is 0.714. The molecule has 0 aromatic carbocycles. The molecule has 0 spiro atoms. The van der Waals surface area contributed by atoms with Crippen molar-refractivity contribution in [2.45, 2.75) is 17.5 Å². The number of hydrogen-bond donors (Lipinski definition) is 0. The minimum Gasteiger partial charge on any atom is -0.341 e. The van der Waals surface area contributed by atoms with E-state index in [9.17, 15) is 0 Å². The highest BCUT2D eigenvalue weighted by atomic mass is 79.9. The Morgan fingerprint density at radius 1 is 1.80 bits per heavy atom. The Hall–Kier alpha value is -0.0400. The van der Waals surface area contributed by atoms with Crippen molar-refractivity contribution in [3.63, 3.8) is 0 Å². The third-order valence-corrected chi connectivity index (χ3v) is 2.16. The lowest BCUT2D eigenvalue weighted by atomic mass is 10.4. The first-order valence-corrected chi connectivity index (χ1v) is 3.96. The summed E-state index contributed by atoms with van der Waals surface area (Å²) in [5.41, 5.74) is 0. The van der Waals surface area contributed by atoms with E-state index in [1.165, 1.54) is 0 Å². The molecule has 3 heteroatoms. The van der Waals surface area contributed by atoms with Crippen molar-refractivity contribution >= 4 is 15.9 Å². The van der Waals surface area contributed by atoms with Crippen molar-refractivity contribution in [1.29, 1.82) is 0 Å². The molecule has 1 saturated heterocycles. The molecule has 0 saturated carbocycles. The van der Waals surface area contributed by atoms with Gasteiger partial charge in [-0.3, -0.25) is 0 Å². The van der Waals surface area contributed by atoms with E-state index in [0.29, 0.717) is 6.61 Å². The van der Waals surface area contributed by atoms with Crippen LogP contribution in [-0.4, -0.2) is 17.9 Å². The second kappa shape index (κ2) is 3.38. The van der Waals surface area contributed by atoms with Crippen LogP contribution >= 0.6 is 15.9 Å². The Labute approximate surface area is 69.0 Å². The summed E-state index contributed by atoms with van der Waals surface area (Å²) < 4.78 is 9.86. The fourth-order valence-corrected chi connectivity index (χ4v) is 1.40. The molecule has 0 aromatic heterocycles. The van der Waals surface area contributed by atoms with Crippen LogP contribution in [0.1, 0.15) is 12.8 Å². The van der Waals surface area contributed by atoms with Crippen LogP contribution in [0.5, 0.6) is 0 Å². The molecule has 0 amide bonds. The molecule has 1 fully saturated rings. The van der Waals surface area contributed by atoms with E-state index < -0.39 is 4.70 Å². The number of halogens is 1. The van der Waals surface area contributed by atoms with Crippen LogP contribution in [-0.2, 0) is 9.47 Å². The Kier molecular flexibility index (Phi) is 2.72. The third kappa shape index (κ3) is 1.98. The highest BCUT2D eigenvalue weighted by molar-refractivity contribution is 9.10. The smallest absolute Gasteiger partial charge is 0.227 e. The maximum absolute atomic E-state index is 5.24. The van der Waals surface area contributed by atoms with E-state index in [4.69, 9.17) is 15.9 Å². The van der Waals surface area contributed by atoms with Crippen molar-refractivity contribution in [2.75, 3.05) is 13.2 Å². The van der Waals surface area contributed by atoms with Crippen LogP contribution in [0, 0.1) is 12.3 Å². The molecule has 1 rings (SSSR count). The predicted molar refractivity (Wildman–Crippen MR) is 41.6 cm³/mol. The van der Waals surface area contributed by atoms with Gasteiger partial charge in [0, 0.05) is 6.42 Å². The van der Waals surface area contributed by atoms with Gasteiger partial charge >= 0.3 is 0 Å². The summed E-state index contributed by atoms with van der Waals surface area (Å²) >= 11 is 3.31. The Balaban J connectivity index is 2.30. The van der Waals surface area contributed by atoms with Gasteiger partial charge in [-0.25, -0.2) is 0 Å². The third-order valence-electron chi connectivity index (χ3n) is 1.31. The molecule has 0 aliphatic carbocycles. The van der Waals surface area contributed by atoms with E-state index in [2.05, 4.69) is 21.9 Å². The van der Waals surface area contributed by atoms with Crippen molar-refractivity contribution in [3.8, 4) is 12.3 Å². The fourth-order valence-electron chi connectivity index (χ4n) is 0.843. The van der Waals surface area contributed by atoms with E-state index in [1.54, 1.807) is 0 Å². The van der Waals surface area contributed by atoms with Crippen molar-refractivity contribution in [2.24, 2.45) is 0 Å². The summed E-state index contributed by atoms with van der Waals surface area (Å²) in [5, 5.41) is 0. The van der Waals surface area contributed by atoms with Crippen LogP contribution < -0.4 is 0 Å². The lowest BCUT2D eigenvalue weighted by Gasteiger charge is -2.19. The summed E-state index contributed by atoms with van der Waals surface area (Å²) in [5.74, 6) is 2.39. The second-order valence-corrected chi connectivity index (χ2v) is 3.31. The molecule has 0 radical (unpaired) electrons. The van der Waals surface area contributed by atoms with Gasteiger partial charge in [0.1, 0.15) is 6.61 Å². The average molecular weight is 205 g/mol. The summed E-state index contributed by atoms with van der Waals surface area (Å²) in [4.78, 5) is 0. The van der Waals surface area contributed by atoms with Gasteiger partial charge in [-0.2, -0.15) is 0 Å². The highest BCUT2D eigenvalue weighted by Crippen LogP contribution is 2.32. The van der Waals surface area contributed by atoms with Crippen molar-refractivity contribution in [3.05, 3.63) is 0 Å².